The molecule has 0 aliphatic carbocycles. The molecule has 0 radical (unpaired) electrons. The van der Waals surface area contributed by atoms with Crippen LogP contribution >= 0.6 is 0 Å². The average molecular weight is 468 g/mol. The van der Waals surface area contributed by atoms with Crippen LogP contribution in [-0.4, -0.2) is 13.2 Å². The Hall–Kier alpha value is -2.00. The summed E-state index contributed by atoms with van der Waals surface area (Å²) in [6, 6.07) is 15.1. The van der Waals surface area contributed by atoms with Gasteiger partial charge in [-0.3, -0.25) is 0 Å². The van der Waals surface area contributed by atoms with E-state index in [0.29, 0.717) is 0 Å². The van der Waals surface area contributed by atoms with E-state index in [0.717, 1.165) is 50.6 Å². The van der Waals surface area contributed by atoms with Crippen LogP contribution in [0.5, 0.6) is 11.5 Å². The van der Waals surface area contributed by atoms with Crippen molar-refractivity contribution in [3.05, 3.63) is 59.2 Å². The van der Waals surface area contributed by atoms with Gasteiger partial charge >= 0.3 is 0 Å². The number of hydrogen-bond acceptors (Lipinski definition) is 3. The van der Waals surface area contributed by atoms with Gasteiger partial charge in [0.2, 0.25) is 0 Å². The van der Waals surface area contributed by atoms with Crippen molar-refractivity contribution in [1.29, 1.82) is 0 Å². The van der Waals surface area contributed by atoms with E-state index < -0.39 is 0 Å². The molecule has 2 aromatic carbocycles. The minimum Gasteiger partial charge on any atom is -0.493 e. The second-order valence-electron chi connectivity index (χ2n) is 9.59. The zero-order valence-corrected chi connectivity index (χ0v) is 22.2. The van der Waals surface area contributed by atoms with E-state index in [2.05, 4.69) is 68.6 Å². The molecule has 0 unspecified atom stereocenters. The van der Waals surface area contributed by atoms with Crippen LogP contribution in [0.15, 0.2) is 42.5 Å². The van der Waals surface area contributed by atoms with Crippen molar-refractivity contribution in [3.8, 4) is 11.5 Å². The first kappa shape index (κ1) is 28.2. The van der Waals surface area contributed by atoms with Gasteiger partial charge in [-0.1, -0.05) is 114 Å². The van der Waals surface area contributed by atoms with Crippen molar-refractivity contribution in [1.82, 2.24) is 5.32 Å². The van der Waals surface area contributed by atoms with Crippen molar-refractivity contribution in [3.63, 3.8) is 0 Å². The normalized spacial score (nSPS) is 11.0. The van der Waals surface area contributed by atoms with Gasteiger partial charge in [-0.15, -0.1) is 0 Å². The summed E-state index contributed by atoms with van der Waals surface area (Å²) >= 11 is 0. The third kappa shape index (κ3) is 12.5. The number of ether oxygens (including phenoxy) is 2. The molecule has 3 nitrogen and oxygen atoms in total. The minimum atomic E-state index is 0.776. The van der Waals surface area contributed by atoms with Crippen LogP contribution in [0.1, 0.15) is 108 Å². The zero-order chi connectivity index (χ0) is 24.3. The van der Waals surface area contributed by atoms with Gasteiger partial charge in [-0.2, -0.15) is 0 Å². The molecular formula is C31H49NO2. The Morgan fingerprint density at radius 1 is 0.618 bits per heavy atom. The highest BCUT2D eigenvalue weighted by molar-refractivity contribution is 5.41. The fourth-order valence-electron chi connectivity index (χ4n) is 4.09. The molecule has 0 aromatic heterocycles. The third-order valence-electron chi connectivity index (χ3n) is 6.33. The average Bonchev–Trinajstić information content (AvgIpc) is 2.85. The lowest BCUT2D eigenvalue weighted by atomic mass is 10.1. The first-order valence-electron chi connectivity index (χ1n) is 13.9. The Morgan fingerprint density at radius 3 is 1.85 bits per heavy atom. The summed E-state index contributed by atoms with van der Waals surface area (Å²) in [4.78, 5) is 0. The molecule has 0 aliphatic heterocycles. The van der Waals surface area contributed by atoms with Crippen LogP contribution < -0.4 is 14.8 Å². The molecule has 0 saturated heterocycles. The maximum atomic E-state index is 6.25. The summed E-state index contributed by atoms with van der Waals surface area (Å²) in [6.45, 7) is 9.85. The SMILES string of the molecule is CCCCCCCCOc1ccc(CNCc2ccc(C)cc2)c(OCCCCCCCC)c1. The Bertz CT molecular complexity index is 757. The summed E-state index contributed by atoms with van der Waals surface area (Å²) in [5.74, 6) is 1.89. The molecular weight excluding hydrogens is 418 g/mol. The molecule has 0 spiro atoms. The van der Waals surface area contributed by atoms with Crippen molar-refractivity contribution < 1.29 is 9.47 Å². The van der Waals surface area contributed by atoms with Crippen LogP contribution in [0.2, 0.25) is 0 Å². The summed E-state index contributed by atoms with van der Waals surface area (Å²) in [5, 5.41) is 3.58. The Morgan fingerprint density at radius 2 is 1.21 bits per heavy atom. The largest absolute Gasteiger partial charge is 0.493 e. The number of unbranched alkanes of at least 4 members (excludes halogenated alkanes) is 10. The molecule has 190 valence electrons. The maximum Gasteiger partial charge on any atom is 0.127 e. The summed E-state index contributed by atoms with van der Waals surface area (Å²) < 4.78 is 12.3. The van der Waals surface area contributed by atoms with Gasteiger partial charge in [0.05, 0.1) is 13.2 Å². The molecule has 0 bridgehead atoms. The van der Waals surface area contributed by atoms with Crippen LogP contribution in [0.25, 0.3) is 0 Å². The van der Waals surface area contributed by atoms with E-state index in [1.54, 1.807) is 0 Å². The Balaban J connectivity index is 1.84. The van der Waals surface area contributed by atoms with E-state index in [4.69, 9.17) is 9.47 Å². The zero-order valence-electron chi connectivity index (χ0n) is 22.2. The van der Waals surface area contributed by atoms with Crippen LogP contribution in [-0.2, 0) is 13.1 Å². The second kappa shape index (κ2) is 18.3. The summed E-state index contributed by atoms with van der Waals surface area (Å²) in [5.41, 5.74) is 3.80. The van der Waals surface area contributed by atoms with Gasteiger partial charge in [0.15, 0.2) is 0 Å². The number of nitrogens with one attached hydrogen (secondary N) is 1. The van der Waals surface area contributed by atoms with Crippen molar-refractivity contribution in [2.75, 3.05) is 13.2 Å². The molecule has 0 atom stereocenters. The molecule has 0 heterocycles. The molecule has 1 N–H and O–H groups in total. The molecule has 2 rings (SSSR count). The van der Waals surface area contributed by atoms with Gasteiger partial charge in [-0.25, -0.2) is 0 Å². The predicted octanol–water partition coefficient (Wildman–Crippen LogP) is 8.76. The second-order valence-corrected chi connectivity index (χ2v) is 9.59. The highest BCUT2D eigenvalue weighted by Crippen LogP contribution is 2.26. The minimum absolute atomic E-state index is 0.776. The molecule has 0 amide bonds. The predicted molar refractivity (Wildman–Crippen MR) is 146 cm³/mol. The van der Waals surface area contributed by atoms with Crippen molar-refractivity contribution in [2.24, 2.45) is 0 Å². The standard InChI is InChI=1S/C31H49NO2/c1-4-6-8-10-12-14-22-33-30-21-20-29(26-32-25-28-18-16-27(3)17-19-28)31(24-30)34-23-15-13-11-9-7-5-2/h16-21,24,32H,4-15,22-23,25-26H2,1-3H3. The van der Waals surface area contributed by atoms with E-state index in [-0.39, 0.29) is 0 Å². The molecule has 34 heavy (non-hydrogen) atoms. The number of hydrogen-bond donors (Lipinski definition) is 1. The smallest absolute Gasteiger partial charge is 0.127 e. The summed E-state index contributed by atoms with van der Waals surface area (Å²) in [6.07, 6.45) is 15.3. The summed E-state index contributed by atoms with van der Waals surface area (Å²) in [7, 11) is 0. The van der Waals surface area contributed by atoms with E-state index in [1.165, 1.54) is 80.9 Å². The van der Waals surface area contributed by atoms with Crippen LogP contribution in [0.4, 0.5) is 0 Å². The first-order valence-corrected chi connectivity index (χ1v) is 13.9. The first-order chi connectivity index (χ1) is 16.7. The number of aryl methyl sites for hydroxylation is 1. The fraction of sp³-hybridized carbons (Fsp3) is 0.613. The highest BCUT2D eigenvalue weighted by atomic mass is 16.5. The van der Waals surface area contributed by atoms with Gasteiger partial charge in [0.1, 0.15) is 11.5 Å². The quantitative estimate of drug-likeness (QED) is 0.197. The lowest BCUT2D eigenvalue weighted by molar-refractivity contribution is 0.287. The van der Waals surface area contributed by atoms with E-state index >= 15 is 0 Å². The molecule has 0 fully saturated rings. The van der Waals surface area contributed by atoms with Gasteiger partial charge in [0.25, 0.3) is 0 Å². The Kier molecular flexibility index (Phi) is 15.2. The van der Waals surface area contributed by atoms with Crippen molar-refractivity contribution in [2.45, 2.75) is 111 Å². The Labute approximate surface area is 209 Å². The van der Waals surface area contributed by atoms with E-state index in [9.17, 15) is 0 Å². The third-order valence-corrected chi connectivity index (χ3v) is 6.33. The van der Waals surface area contributed by atoms with Gasteiger partial charge in [0, 0.05) is 24.7 Å². The lowest BCUT2D eigenvalue weighted by Gasteiger charge is -2.15. The fourth-order valence-corrected chi connectivity index (χ4v) is 4.09. The monoisotopic (exact) mass is 467 g/mol. The maximum absolute atomic E-state index is 6.25. The van der Waals surface area contributed by atoms with E-state index in [1.807, 2.05) is 0 Å². The lowest BCUT2D eigenvalue weighted by Crippen LogP contribution is -2.14. The molecule has 2 aromatic rings. The molecule has 0 saturated carbocycles. The van der Waals surface area contributed by atoms with Crippen LogP contribution in [0, 0.1) is 6.92 Å². The highest BCUT2D eigenvalue weighted by Gasteiger charge is 2.07. The van der Waals surface area contributed by atoms with Crippen molar-refractivity contribution >= 4 is 0 Å². The van der Waals surface area contributed by atoms with Gasteiger partial charge < -0.3 is 14.8 Å². The topological polar surface area (TPSA) is 30.5 Å². The molecule has 0 aliphatic rings. The van der Waals surface area contributed by atoms with Crippen LogP contribution in [0.3, 0.4) is 0 Å². The number of rotatable bonds is 20. The van der Waals surface area contributed by atoms with Gasteiger partial charge in [-0.05, 0) is 31.4 Å². The molecule has 3 heteroatoms. The number of benzene rings is 2.